The molecule has 0 spiro atoms. The van der Waals surface area contributed by atoms with Gasteiger partial charge in [-0.25, -0.2) is 0 Å². The Morgan fingerprint density at radius 1 is 1.08 bits per heavy atom. The summed E-state index contributed by atoms with van der Waals surface area (Å²) in [7, 11) is 1.34. The highest BCUT2D eigenvalue weighted by Gasteiger charge is 2.16. The number of hydrogen-bond donors (Lipinski definition) is 3. The molecular weight excluding hydrogens is 496 g/mol. The van der Waals surface area contributed by atoms with Gasteiger partial charge in [0.2, 0.25) is 0 Å². The van der Waals surface area contributed by atoms with Gasteiger partial charge in [0.1, 0.15) is 11.5 Å². The van der Waals surface area contributed by atoms with Crippen LogP contribution in [0.25, 0.3) is 10.2 Å². The standard InChI is InChI=1S/C26H26N4O6S/c1-16-8-12-35-23(16)26(33)30-17-5-3-6-18(13-17)36-20-7-11-28-19-14-21(37-24(19)20)25(32)29-10-4-9-27-15-22(31)34-2/h3,5-8,11-14,27H,4,9-10,15H2,1-2H3,(H,29,32)(H,30,33). The highest BCUT2D eigenvalue weighted by Crippen LogP contribution is 2.35. The second kappa shape index (κ2) is 12.2. The van der Waals surface area contributed by atoms with Crippen LogP contribution in [0, 0.1) is 6.92 Å². The van der Waals surface area contributed by atoms with Gasteiger partial charge in [-0.3, -0.25) is 19.4 Å². The monoisotopic (exact) mass is 522 g/mol. The van der Waals surface area contributed by atoms with E-state index in [4.69, 9.17) is 9.15 Å². The van der Waals surface area contributed by atoms with E-state index in [-0.39, 0.29) is 30.1 Å². The molecule has 0 unspecified atom stereocenters. The minimum Gasteiger partial charge on any atom is -0.468 e. The Bertz CT molecular complexity index is 1410. The molecule has 0 atom stereocenters. The quantitative estimate of drug-likeness (QED) is 0.198. The van der Waals surface area contributed by atoms with Crippen LogP contribution in [0.4, 0.5) is 5.69 Å². The predicted molar refractivity (Wildman–Crippen MR) is 139 cm³/mol. The summed E-state index contributed by atoms with van der Waals surface area (Å²) >= 11 is 1.28. The van der Waals surface area contributed by atoms with Gasteiger partial charge in [-0.05, 0) is 44.2 Å². The summed E-state index contributed by atoms with van der Waals surface area (Å²) in [6.07, 6.45) is 3.75. The highest BCUT2D eigenvalue weighted by molar-refractivity contribution is 7.21. The van der Waals surface area contributed by atoms with E-state index in [1.54, 1.807) is 55.6 Å². The number of esters is 1. The van der Waals surface area contributed by atoms with Crippen molar-refractivity contribution in [3.05, 3.63) is 71.1 Å². The number of carbonyl (C=O) groups is 3. The third-order valence-electron chi connectivity index (χ3n) is 5.30. The predicted octanol–water partition coefficient (Wildman–Crippen LogP) is 4.12. The highest BCUT2D eigenvalue weighted by atomic mass is 32.1. The molecule has 11 heteroatoms. The summed E-state index contributed by atoms with van der Waals surface area (Å²) in [5, 5.41) is 8.62. The van der Waals surface area contributed by atoms with Crippen molar-refractivity contribution in [2.24, 2.45) is 0 Å². The lowest BCUT2D eigenvalue weighted by Gasteiger charge is -2.09. The first-order valence-electron chi connectivity index (χ1n) is 11.5. The molecule has 2 amide bonds. The first-order chi connectivity index (χ1) is 17.9. The van der Waals surface area contributed by atoms with E-state index < -0.39 is 0 Å². The lowest BCUT2D eigenvalue weighted by Crippen LogP contribution is -2.29. The van der Waals surface area contributed by atoms with E-state index >= 15 is 0 Å². The number of anilines is 1. The minimum atomic E-state index is -0.348. The van der Waals surface area contributed by atoms with Crippen molar-refractivity contribution in [2.45, 2.75) is 13.3 Å². The van der Waals surface area contributed by atoms with Crippen LogP contribution < -0.4 is 20.7 Å². The average molecular weight is 523 g/mol. The number of benzene rings is 1. The fourth-order valence-corrected chi connectivity index (χ4v) is 4.41. The van der Waals surface area contributed by atoms with E-state index in [0.29, 0.717) is 47.1 Å². The van der Waals surface area contributed by atoms with Crippen LogP contribution in [0.1, 0.15) is 32.2 Å². The molecule has 1 aromatic carbocycles. The fraction of sp³-hybridized carbons (Fsp3) is 0.231. The van der Waals surface area contributed by atoms with Crippen molar-refractivity contribution in [1.29, 1.82) is 0 Å². The zero-order valence-electron chi connectivity index (χ0n) is 20.3. The fourth-order valence-electron chi connectivity index (χ4n) is 3.43. The van der Waals surface area contributed by atoms with Crippen molar-refractivity contribution < 1.29 is 28.3 Å². The number of carbonyl (C=O) groups excluding carboxylic acids is 3. The molecule has 0 aliphatic carbocycles. The van der Waals surface area contributed by atoms with Crippen molar-refractivity contribution in [1.82, 2.24) is 15.6 Å². The number of aryl methyl sites for hydroxylation is 1. The summed E-state index contributed by atoms with van der Waals surface area (Å²) < 4.78 is 16.6. The molecule has 0 saturated carbocycles. The van der Waals surface area contributed by atoms with Gasteiger partial charge in [0, 0.05) is 36.1 Å². The van der Waals surface area contributed by atoms with E-state index in [1.807, 2.05) is 0 Å². The summed E-state index contributed by atoms with van der Waals surface area (Å²) in [6.45, 7) is 2.96. The summed E-state index contributed by atoms with van der Waals surface area (Å²) in [5.74, 6) is 0.426. The number of nitrogens with zero attached hydrogens (tertiary/aromatic N) is 1. The molecule has 10 nitrogen and oxygen atoms in total. The number of fused-ring (bicyclic) bond motifs is 1. The van der Waals surface area contributed by atoms with Gasteiger partial charge >= 0.3 is 5.97 Å². The van der Waals surface area contributed by atoms with Crippen LogP contribution in [0.5, 0.6) is 11.5 Å². The second-order valence-corrected chi connectivity index (χ2v) is 9.07. The van der Waals surface area contributed by atoms with Crippen molar-refractivity contribution in [2.75, 3.05) is 32.1 Å². The van der Waals surface area contributed by atoms with Gasteiger partial charge in [0.15, 0.2) is 5.76 Å². The molecule has 0 fully saturated rings. The van der Waals surface area contributed by atoms with Gasteiger partial charge in [-0.15, -0.1) is 11.3 Å². The number of rotatable bonds is 11. The maximum Gasteiger partial charge on any atom is 0.319 e. The molecule has 0 aliphatic heterocycles. The van der Waals surface area contributed by atoms with Crippen LogP contribution in [-0.2, 0) is 9.53 Å². The van der Waals surface area contributed by atoms with Crippen molar-refractivity contribution >= 4 is 45.0 Å². The molecular formula is C26H26N4O6S. The molecule has 3 heterocycles. The van der Waals surface area contributed by atoms with Gasteiger partial charge < -0.3 is 29.8 Å². The normalized spacial score (nSPS) is 10.8. The molecule has 0 bridgehead atoms. The first-order valence-corrected chi connectivity index (χ1v) is 12.3. The van der Waals surface area contributed by atoms with Crippen molar-refractivity contribution in [3.63, 3.8) is 0 Å². The molecule has 3 N–H and O–H groups in total. The van der Waals surface area contributed by atoms with Gasteiger partial charge in [-0.1, -0.05) is 6.07 Å². The SMILES string of the molecule is COC(=O)CNCCCNC(=O)c1cc2nccc(Oc3cccc(NC(=O)c4occc4C)c3)c2s1. The topological polar surface area (TPSA) is 132 Å². The second-order valence-electron chi connectivity index (χ2n) is 8.01. The number of hydrogen-bond acceptors (Lipinski definition) is 9. The zero-order valence-corrected chi connectivity index (χ0v) is 21.1. The van der Waals surface area contributed by atoms with E-state index in [9.17, 15) is 14.4 Å². The molecule has 4 aromatic rings. The molecule has 192 valence electrons. The van der Waals surface area contributed by atoms with E-state index in [1.165, 1.54) is 24.7 Å². The van der Waals surface area contributed by atoms with Crippen LogP contribution in [-0.4, -0.2) is 49.5 Å². The lowest BCUT2D eigenvalue weighted by molar-refractivity contribution is -0.139. The van der Waals surface area contributed by atoms with Crippen LogP contribution >= 0.6 is 11.3 Å². The van der Waals surface area contributed by atoms with Crippen LogP contribution in [0.15, 0.2) is 59.3 Å². The molecule has 37 heavy (non-hydrogen) atoms. The number of methoxy groups -OCH3 is 1. The van der Waals surface area contributed by atoms with Crippen LogP contribution in [0.2, 0.25) is 0 Å². The van der Waals surface area contributed by atoms with Gasteiger partial charge in [-0.2, -0.15) is 0 Å². The van der Waals surface area contributed by atoms with Crippen molar-refractivity contribution in [3.8, 4) is 11.5 Å². The molecule has 3 aromatic heterocycles. The maximum absolute atomic E-state index is 12.6. The third kappa shape index (κ3) is 6.72. The van der Waals surface area contributed by atoms with Crippen LogP contribution in [0.3, 0.4) is 0 Å². The average Bonchev–Trinajstić information content (AvgIpc) is 3.53. The lowest BCUT2D eigenvalue weighted by atomic mass is 10.2. The first kappa shape index (κ1) is 25.9. The maximum atomic E-state index is 12.6. The zero-order chi connectivity index (χ0) is 26.2. The number of furan rings is 1. The number of nitrogens with one attached hydrogen (secondary N) is 3. The molecule has 0 saturated heterocycles. The molecule has 0 aliphatic rings. The largest absolute Gasteiger partial charge is 0.468 e. The minimum absolute atomic E-state index is 0.133. The van der Waals surface area contributed by atoms with Gasteiger partial charge in [0.05, 0.1) is 35.0 Å². The molecule has 4 rings (SSSR count). The Labute approximate surface area is 217 Å². The Morgan fingerprint density at radius 3 is 2.73 bits per heavy atom. The molecule has 0 radical (unpaired) electrons. The number of thiophene rings is 1. The Balaban J connectivity index is 1.38. The number of pyridine rings is 1. The third-order valence-corrected chi connectivity index (χ3v) is 6.44. The number of ether oxygens (including phenoxy) is 2. The van der Waals surface area contributed by atoms with E-state index in [2.05, 4.69) is 25.7 Å². The van der Waals surface area contributed by atoms with E-state index in [0.717, 1.165) is 10.3 Å². The smallest absolute Gasteiger partial charge is 0.319 e. The van der Waals surface area contributed by atoms with Gasteiger partial charge in [0.25, 0.3) is 11.8 Å². The number of amides is 2. The number of aromatic nitrogens is 1. The Hall–Kier alpha value is -4.22. The summed E-state index contributed by atoms with van der Waals surface area (Å²) in [4.78, 5) is 41.0. The Morgan fingerprint density at radius 2 is 1.95 bits per heavy atom. The summed E-state index contributed by atoms with van der Waals surface area (Å²) in [5.41, 5.74) is 1.94. The Kier molecular flexibility index (Phi) is 8.49. The summed E-state index contributed by atoms with van der Waals surface area (Å²) in [6, 6.07) is 12.2.